The zero-order valence-electron chi connectivity index (χ0n) is 12.2. The molecule has 0 spiro atoms. The van der Waals surface area contributed by atoms with Gasteiger partial charge in [-0.1, -0.05) is 0 Å². The minimum atomic E-state index is -4.73. The van der Waals surface area contributed by atoms with Gasteiger partial charge >= 0.3 is 11.2 Å². The second-order valence-corrected chi connectivity index (χ2v) is 6.22. The van der Waals surface area contributed by atoms with E-state index in [-0.39, 0.29) is 5.56 Å². The van der Waals surface area contributed by atoms with Crippen LogP contribution < -0.4 is 4.74 Å². The highest BCUT2D eigenvalue weighted by Crippen LogP contribution is 2.62. The Bertz CT molecular complexity index is 927. The maximum atomic E-state index is 13.7. The summed E-state index contributed by atoms with van der Waals surface area (Å²) in [4.78, 5) is 2.05. The predicted octanol–water partition coefficient (Wildman–Crippen LogP) is 5.61. The zero-order valence-corrected chi connectivity index (χ0v) is 13.1. The Balaban J connectivity index is 2.12. The minimum absolute atomic E-state index is 0.194. The van der Waals surface area contributed by atoms with Gasteiger partial charge in [-0.3, -0.25) is 0 Å². The molecule has 0 radical (unpaired) electrons. The van der Waals surface area contributed by atoms with Crippen LogP contribution in [0.5, 0.6) is 11.5 Å². The summed E-state index contributed by atoms with van der Waals surface area (Å²) < 4.78 is 99.4. The van der Waals surface area contributed by atoms with Gasteiger partial charge in [-0.15, -0.1) is 0 Å². The van der Waals surface area contributed by atoms with Crippen molar-refractivity contribution in [2.24, 2.45) is 0 Å². The lowest BCUT2D eigenvalue weighted by atomic mass is 10.1. The number of pyridine rings is 1. The number of halogens is 7. The van der Waals surface area contributed by atoms with Crippen molar-refractivity contribution in [2.75, 3.05) is 0 Å². The smallest absolute Gasteiger partial charge is 0.366 e. The maximum absolute atomic E-state index is 13.7. The van der Waals surface area contributed by atoms with Crippen molar-refractivity contribution in [1.82, 2.24) is 4.98 Å². The third kappa shape index (κ3) is 2.84. The Kier molecular flexibility index (Phi) is 4.26. The van der Waals surface area contributed by atoms with Gasteiger partial charge in [-0.05, 0) is 23.9 Å². The van der Waals surface area contributed by atoms with Crippen molar-refractivity contribution in [2.45, 2.75) is 22.5 Å². The molecule has 1 aromatic carbocycles. The van der Waals surface area contributed by atoms with Gasteiger partial charge < -0.3 is 4.74 Å². The number of nitriles is 1. The van der Waals surface area contributed by atoms with Crippen LogP contribution >= 0.6 is 11.8 Å². The molecule has 1 aliphatic rings. The number of rotatable bonds is 3. The summed E-state index contributed by atoms with van der Waals surface area (Å²) in [7, 11) is 0. The first-order valence-corrected chi connectivity index (χ1v) is 7.53. The Morgan fingerprint density at radius 1 is 1.15 bits per heavy atom. The molecule has 0 aliphatic carbocycles. The summed E-state index contributed by atoms with van der Waals surface area (Å²) in [6, 6.07) is 4.21. The molecule has 0 bridgehead atoms. The average Bonchev–Trinajstić information content (AvgIpc) is 2.71. The van der Waals surface area contributed by atoms with Crippen LogP contribution in [0, 0.1) is 17.1 Å². The van der Waals surface area contributed by atoms with Crippen molar-refractivity contribution in [1.29, 1.82) is 5.26 Å². The molecular formula is C15H5F7N2OS. The fraction of sp³-hybridized carbons (Fsp3) is 0.200. The fourth-order valence-corrected chi connectivity index (χ4v) is 3.31. The van der Waals surface area contributed by atoms with E-state index in [4.69, 9.17) is 10.00 Å². The lowest BCUT2D eigenvalue weighted by molar-refractivity contribution is -0.157. The number of ether oxygens (including phenoxy) is 1. The number of hydrogen-bond acceptors (Lipinski definition) is 4. The molecule has 0 atom stereocenters. The van der Waals surface area contributed by atoms with Crippen molar-refractivity contribution in [3.63, 3.8) is 0 Å². The highest BCUT2D eigenvalue weighted by Gasteiger charge is 2.66. The van der Waals surface area contributed by atoms with Crippen molar-refractivity contribution >= 4 is 11.8 Å². The van der Waals surface area contributed by atoms with Crippen LogP contribution in [0.4, 0.5) is 30.7 Å². The van der Waals surface area contributed by atoms with Crippen LogP contribution in [0.1, 0.15) is 23.2 Å². The number of hydrogen-bond donors (Lipinski definition) is 0. The molecule has 26 heavy (non-hydrogen) atoms. The Hall–Kier alpha value is -2.48. The Labute approximate surface area is 145 Å². The topological polar surface area (TPSA) is 45.9 Å². The van der Waals surface area contributed by atoms with Gasteiger partial charge in [0.05, 0.1) is 28.3 Å². The third-order valence-corrected chi connectivity index (χ3v) is 4.51. The molecule has 0 fully saturated rings. The standard InChI is InChI=1S/C15H5F7N2OS/c16-7-1-6(4-23)2-8(3-7)25-9-5-24-12-11(10(9)13(17)18)26-15(21,22)14(12,19)20/h1-3,5,13H. The summed E-state index contributed by atoms with van der Waals surface area (Å²) >= 11 is -0.741. The Morgan fingerprint density at radius 2 is 1.85 bits per heavy atom. The normalized spacial score (nSPS) is 17.0. The monoisotopic (exact) mass is 394 g/mol. The van der Waals surface area contributed by atoms with Gasteiger partial charge in [0, 0.05) is 6.07 Å². The molecule has 11 heteroatoms. The highest BCUT2D eigenvalue weighted by molar-refractivity contribution is 8.00. The highest BCUT2D eigenvalue weighted by atomic mass is 32.2. The lowest BCUT2D eigenvalue weighted by Crippen LogP contribution is -2.30. The first-order chi connectivity index (χ1) is 12.1. The van der Waals surface area contributed by atoms with Crippen LogP contribution in [0.2, 0.25) is 0 Å². The molecule has 0 N–H and O–H groups in total. The second-order valence-electron chi connectivity index (χ2n) is 5.10. The minimum Gasteiger partial charge on any atom is -0.455 e. The first-order valence-electron chi connectivity index (χ1n) is 6.71. The fourth-order valence-electron chi connectivity index (χ4n) is 2.25. The summed E-state index contributed by atoms with van der Waals surface area (Å²) in [5, 5.41) is 4.11. The van der Waals surface area contributed by atoms with Crippen LogP contribution in [-0.2, 0) is 5.92 Å². The van der Waals surface area contributed by atoms with E-state index in [1.165, 1.54) is 0 Å². The number of alkyl halides is 6. The average molecular weight is 394 g/mol. The van der Waals surface area contributed by atoms with Crippen molar-refractivity contribution in [3.8, 4) is 17.6 Å². The lowest BCUT2D eigenvalue weighted by Gasteiger charge is -2.16. The van der Waals surface area contributed by atoms with Crippen molar-refractivity contribution in [3.05, 3.63) is 47.0 Å². The number of benzene rings is 1. The maximum Gasteiger partial charge on any atom is 0.366 e. The zero-order chi connectivity index (χ0) is 19.3. The predicted molar refractivity (Wildman–Crippen MR) is 75.1 cm³/mol. The van der Waals surface area contributed by atoms with E-state index in [1.807, 2.05) is 0 Å². The van der Waals surface area contributed by atoms with Crippen molar-refractivity contribution < 1.29 is 35.5 Å². The molecular weight excluding hydrogens is 389 g/mol. The van der Waals surface area contributed by atoms with Crippen LogP contribution in [0.3, 0.4) is 0 Å². The molecule has 3 nitrogen and oxygen atoms in total. The molecule has 1 aromatic heterocycles. The van der Waals surface area contributed by atoms with Gasteiger partial charge in [0.1, 0.15) is 17.3 Å². The molecule has 0 unspecified atom stereocenters. The van der Waals surface area contributed by atoms with Gasteiger partial charge in [0.15, 0.2) is 5.75 Å². The Morgan fingerprint density at radius 3 is 2.46 bits per heavy atom. The number of aromatic nitrogens is 1. The molecule has 2 aromatic rings. The second kappa shape index (κ2) is 6.05. The van der Waals surface area contributed by atoms with E-state index in [0.29, 0.717) is 6.20 Å². The largest absolute Gasteiger partial charge is 0.455 e. The number of thioether (sulfide) groups is 1. The summed E-state index contributed by atoms with van der Waals surface area (Å²) in [5.41, 5.74) is -2.88. The summed E-state index contributed by atoms with van der Waals surface area (Å²) in [6.07, 6.45) is -3.00. The van der Waals surface area contributed by atoms with Gasteiger partial charge in [0.25, 0.3) is 6.43 Å². The van der Waals surface area contributed by atoms with Gasteiger partial charge in [0.2, 0.25) is 0 Å². The molecule has 0 saturated carbocycles. The molecule has 3 rings (SSSR count). The molecule has 0 amide bonds. The number of nitrogens with zero attached hydrogens (tertiary/aromatic N) is 2. The van der Waals surface area contributed by atoms with Gasteiger partial charge in [-0.2, -0.15) is 22.8 Å². The van der Waals surface area contributed by atoms with E-state index in [1.54, 1.807) is 6.07 Å². The van der Waals surface area contributed by atoms with Gasteiger partial charge in [-0.25, -0.2) is 18.2 Å². The van der Waals surface area contributed by atoms with E-state index in [9.17, 15) is 30.7 Å². The van der Waals surface area contributed by atoms with E-state index >= 15 is 0 Å². The third-order valence-electron chi connectivity index (χ3n) is 3.38. The molecule has 1 aliphatic heterocycles. The van der Waals surface area contributed by atoms with E-state index in [0.717, 1.165) is 18.2 Å². The van der Waals surface area contributed by atoms with Crippen LogP contribution in [0.25, 0.3) is 0 Å². The molecule has 136 valence electrons. The molecule has 0 saturated heterocycles. The van der Waals surface area contributed by atoms with E-state index < -0.39 is 62.8 Å². The van der Waals surface area contributed by atoms with Crippen LogP contribution in [0.15, 0.2) is 29.3 Å². The van der Waals surface area contributed by atoms with Crippen LogP contribution in [-0.4, -0.2) is 10.2 Å². The first kappa shape index (κ1) is 18.3. The van der Waals surface area contributed by atoms with E-state index in [2.05, 4.69) is 4.98 Å². The molecule has 2 heterocycles. The summed E-state index contributed by atoms with van der Waals surface area (Å²) in [6.45, 7) is 0. The summed E-state index contributed by atoms with van der Waals surface area (Å²) in [5.74, 6) is -6.85. The number of fused-ring (bicyclic) bond motifs is 1. The quantitative estimate of drug-likeness (QED) is 0.635. The SMILES string of the molecule is N#Cc1cc(F)cc(Oc2cnc3c(c2C(F)F)SC(F)(F)C3(F)F)c1.